The summed E-state index contributed by atoms with van der Waals surface area (Å²) in [6.45, 7) is 1.61. The molecule has 0 aliphatic heterocycles. The zero-order valence-electron chi connectivity index (χ0n) is 11.6. The van der Waals surface area contributed by atoms with Crippen LogP contribution in [-0.2, 0) is 0 Å². The van der Waals surface area contributed by atoms with Gasteiger partial charge in [-0.3, -0.25) is 0 Å². The number of aromatic nitrogens is 2. The van der Waals surface area contributed by atoms with Crippen LogP contribution in [0.4, 0.5) is 4.39 Å². The smallest absolute Gasteiger partial charge is 0.123 e. The minimum atomic E-state index is -0.764. The molecular formula is C17H15FN2O. The van der Waals surface area contributed by atoms with Crippen LogP contribution in [0.5, 0.6) is 0 Å². The molecule has 0 amide bonds. The first kappa shape index (κ1) is 13.5. The monoisotopic (exact) mass is 282 g/mol. The van der Waals surface area contributed by atoms with Crippen molar-refractivity contribution in [2.24, 2.45) is 0 Å². The quantitative estimate of drug-likeness (QED) is 0.795. The molecule has 0 saturated carbocycles. The summed E-state index contributed by atoms with van der Waals surface area (Å²) >= 11 is 0. The van der Waals surface area contributed by atoms with Gasteiger partial charge in [-0.25, -0.2) is 9.07 Å². The Labute approximate surface area is 122 Å². The maximum Gasteiger partial charge on any atom is 0.123 e. The molecule has 0 bridgehead atoms. The van der Waals surface area contributed by atoms with E-state index in [-0.39, 0.29) is 5.82 Å². The molecule has 0 spiro atoms. The third-order valence-corrected chi connectivity index (χ3v) is 3.38. The van der Waals surface area contributed by atoms with Gasteiger partial charge in [0.25, 0.3) is 0 Å². The highest BCUT2D eigenvalue weighted by Gasteiger charge is 2.12. The van der Waals surface area contributed by atoms with Crippen molar-refractivity contribution >= 4 is 0 Å². The van der Waals surface area contributed by atoms with E-state index in [1.165, 1.54) is 12.1 Å². The zero-order valence-corrected chi connectivity index (χ0v) is 11.6. The van der Waals surface area contributed by atoms with Gasteiger partial charge in [0.2, 0.25) is 0 Å². The summed E-state index contributed by atoms with van der Waals surface area (Å²) in [5, 5.41) is 14.1. The first-order chi connectivity index (χ1) is 10.1. The van der Waals surface area contributed by atoms with Gasteiger partial charge < -0.3 is 5.11 Å². The minimum absolute atomic E-state index is 0.370. The van der Waals surface area contributed by atoms with Crippen LogP contribution >= 0.6 is 0 Å². The lowest BCUT2D eigenvalue weighted by Gasteiger charge is -2.12. The van der Waals surface area contributed by atoms with Gasteiger partial charge in [-0.05, 0) is 30.7 Å². The van der Waals surface area contributed by atoms with Crippen LogP contribution in [0, 0.1) is 5.82 Å². The van der Waals surface area contributed by atoms with Crippen LogP contribution in [0.15, 0.2) is 60.9 Å². The van der Waals surface area contributed by atoms with Crippen molar-refractivity contribution in [2.45, 2.75) is 13.0 Å². The second-order valence-electron chi connectivity index (χ2n) is 4.92. The number of aliphatic hydroxyl groups excluding tert-OH is 1. The zero-order chi connectivity index (χ0) is 14.8. The molecule has 0 aliphatic carbocycles. The van der Waals surface area contributed by atoms with Crippen molar-refractivity contribution in [1.82, 2.24) is 9.78 Å². The molecule has 3 nitrogen and oxygen atoms in total. The third-order valence-electron chi connectivity index (χ3n) is 3.38. The molecule has 1 heterocycles. The predicted octanol–water partition coefficient (Wildman–Crippen LogP) is 3.73. The molecule has 21 heavy (non-hydrogen) atoms. The summed E-state index contributed by atoms with van der Waals surface area (Å²) in [5.74, 6) is -0.370. The van der Waals surface area contributed by atoms with Gasteiger partial charge in [0.1, 0.15) is 5.82 Å². The number of nitrogens with zero attached hydrogens (tertiary/aromatic N) is 2. The van der Waals surface area contributed by atoms with Crippen molar-refractivity contribution in [1.29, 1.82) is 0 Å². The Hall–Kier alpha value is -2.46. The second-order valence-corrected chi connectivity index (χ2v) is 4.92. The van der Waals surface area contributed by atoms with Gasteiger partial charge in [-0.1, -0.05) is 30.3 Å². The molecule has 0 unspecified atom stereocenters. The Kier molecular flexibility index (Phi) is 3.54. The van der Waals surface area contributed by atoms with Crippen LogP contribution < -0.4 is 0 Å². The summed E-state index contributed by atoms with van der Waals surface area (Å²) in [6, 6.07) is 14.2. The van der Waals surface area contributed by atoms with E-state index in [1.807, 2.05) is 36.5 Å². The minimum Gasteiger partial charge on any atom is -0.389 e. The van der Waals surface area contributed by atoms with Gasteiger partial charge in [-0.2, -0.15) is 5.10 Å². The molecule has 1 aromatic heterocycles. The topological polar surface area (TPSA) is 38.0 Å². The normalized spacial score (nSPS) is 12.3. The standard InChI is InChI=1S/C17H15FN2O/c1-12(21)16-9-15(18)7-8-17(16)20-11-14(10-19-20)13-5-3-2-4-6-13/h2-12,21H,1H3/t12-/m0/s1. The molecule has 3 rings (SSSR count). The van der Waals surface area contributed by atoms with Gasteiger partial charge in [0.05, 0.1) is 18.0 Å². The molecule has 0 saturated heterocycles. The Morgan fingerprint density at radius 2 is 1.86 bits per heavy atom. The third kappa shape index (κ3) is 2.71. The fraction of sp³-hybridized carbons (Fsp3) is 0.118. The van der Waals surface area contributed by atoms with Gasteiger partial charge in [0.15, 0.2) is 0 Å². The van der Waals surface area contributed by atoms with Crippen LogP contribution in [0.1, 0.15) is 18.6 Å². The highest BCUT2D eigenvalue weighted by atomic mass is 19.1. The summed E-state index contributed by atoms with van der Waals surface area (Å²) in [4.78, 5) is 0. The van der Waals surface area contributed by atoms with E-state index in [1.54, 1.807) is 23.9 Å². The van der Waals surface area contributed by atoms with Crippen LogP contribution in [0.25, 0.3) is 16.8 Å². The van der Waals surface area contributed by atoms with Crippen molar-refractivity contribution in [3.05, 3.63) is 72.3 Å². The van der Waals surface area contributed by atoms with Crippen LogP contribution in [0.3, 0.4) is 0 Å². The first-order valence-corrected chi connectivity index (χ1v) is 6.73. The molecule has 0 fully saturated rings. The van der Waals surface area contributed by atoms with Crippen LogP contribution in [0.2, 0.25) is 0 Å². The highest BCUT2D eigenvalue weighted by molar-refractivity contribution is 5.62. The van der Waals surface area contributed by atoms with E-state index >= 15 is 0 Å². The van der Waals surface area contributed by atoms with Crippen molar-refractivity contribution < 1.29 is 9.50 Å². The number of aliphatic hydroxyl groups is 1. The maximum absolute atomic E-state index is 13.4. The number of hydrogen-bond acceptors (Lipinski definition) is 2. The summed E-state index contributed by atoms with van der Waals surface area (Å²) in [6.07, 6.45) is 2.86. The number of benzene rings is 2. The van der Waals surface area contributed by atoms with Gasteiger partial charge in [-0.15, -0.1) is 0 Å². The molecule has 1 atom stereocenters. The van der Waals surface area contributed by atoms with Crippen molar-refractivity contribution in [2.75, 3.05) is 0 Å². The Balaban J connectivity index is 2.05. The lowest BCUT2D eigenvalue weighted by Crippen LogP contribution is -2.03. The van der Waals surface area contributed by atoms with Crippen molar-refractivity contribution in [3.8, 4) is 16.8 Å². The molecule has 0 radical (unpaired) electrons. The van der Waals surface area contributed by atoms with E-state index in [0.717, 1.165) is 11.1 Å². The maximum atomic E-state index is 13.4. The first-order valence-electron chi connectivity index (χ1n) is 6.73. The largest absolute Gasteiger partial charge is 0.389 e. The van der Waals surface area contributed by atoms with E-state index in [4.69, 9.17) is 0 Å². The van der Waals surface area contributed by atoms with E-state index in [0.29, 0.717) is 11.3 Å². The number of rotatable bonds is 3. The van der Waals surface area contributed by atoms with Crippen molar-refractivity contribution in [3.63, 3.8) is 0 Å². The average molecular weight is 282 g/mol. The Morgan fingerprint density at radius 1 is 1.10 bits per heavy atom. The summed E-state index contributed by atoms with van der Waals surface area (Å²) < 4.78 is 15.0. The molecule has 4 heteroatoms. The van der Waals surface area contributed by atoms with E-state index in [2.05, 4.69) is 5.10 Å². The highest BCUT2D eigenvalue weighted by Crippen LogP contribution is 2.25. The van der Waals surface area contributed by atoms with E-state index in [9.17, 15) is 9.50 Å². The molecule has 106 valence electrons. The number of hydrogen-bond donors (Lipinski definition) is 1. The second kappa shape index (κ2) is 5.50. The lowest BCUT2D eigenvalue weighted by atomic mass is 10.1. The SMILES string of the molecule is C[C@H](O)c1cc(F)ccc1-n1cc(-c2ccccc2)cn1. The molecule has 2 aromatic carbocycles. The Bertz CT molecular complexity index is 750. The molecular weight excluding hydrogens is 267 g/mol. The lowest BCUT2D eigenvalue weighted by molar-refractivity contribution is 0.198. The molecule has 0 aliphatic rings. The van der Waals surface area contributed by atoms with Crippen LogP contribution in [-0.4, -0.2) is 14.9 Å². The average Bonchev–Trinajstić information content (AvgIpc) is 2.97. The fourth-order valence-electron chi connectivity index (χ4n) is 2.30. The van der Waals surface area contributed by atoms with E-state index < -0.39 is 6.10 Å². The molecule has 1 N–H and O–H groups in total. The summed E-state index contributed by atoms with van der Waals surface area (Å²) in [7, 11) is 0. The summed E-state index contributed by atoms with van der Waals surface area (Å²) in [5.41, 5.74) is 3.22. The molecule has 3 aromatic rings. The van der Waals surface area contributed by atoms with Gasteiger partial charge >= 0.3 is 0 Å². The number of halogens is 1. The fourth-order valence-corrected chi connectivity index (χ4v) is 2.30. The van der Waals surface area contributed by atoms with Gasteiger partial charge in [0, 0.05) is 17.3 Å². The predicted molar refractivity (Wildman–Crippen MR) is 79.6 cm³/mol. The Morgan fingerprint density at radius 3 is 2.57 bits per heavy atom.